The molecule has 0 heterocycles. The van der Waals surface area contributed by atoms with E-state index in [2.05, 4.69) is 4.74 Å². The maximum absolute atomic E-state index is 10.5. The highest BCUT2D eigenvalue weighted by atomic mass is 16.5. The molecule has 0 radical (unpaired) electrons. The highest BCUT2D eigenvalue weighted by molar-refractivity contribution is 5.76. The standard InChI is InChI=1S/C9H10O3/c1-2-12-9-5-7(6-10)3-4-8(9)11/h3-6,11H,2H2,1H3/i1D3,2D2. The average molecular weight is 171 g/mol. The van der Waals surface area contributed by atoms with Crippen LogP contribution in [0, 0.1) is 0 Å². The molecule has 0 amide bonds. The fraction of sp³-hybridized carbons (Fsp3) is 0.222. The van der Waals surface area contributed by atoms with Gasteiger partial charge in [-0.05, 0) is 25.1 Å². The van der Waals surface area contributed by atoms with E-state index in [-0.39, 0.29) is 5.56 Å². The second-order valence-electron chi connectivity index (χ2n) is 2.05. The summed E-state index contributed by atoms with van der Waals surface area (Å²) >= 11 is 0. The van der Waals surface area contributed by atoms with Crippen molar-refractivity contribution in [2.45, 2.75) is 6.85 Å². The van der Waals surface area contributed by atoms with Crippen LogP contribution in [0.15, 0.2) is 18.2 Å². The summed E-state index contributed by atoms with van der Waals surface area (Å²) in [5, 5.41) is 9.37. The summed E-state index contributed by atoms with van der Waals surface area (Å²) in [6.07, 6.45) is 0.469. The van der Waals surface area contributed by atoms with E-state index >= 15 is 0 Å². The van der Waals surface area contributed by atoms with Crippen LogP contribution in [0.3, 0.4) is 0 Å². The van der Waals surface area contributed by atoms with Gasteiger partial charge in [-0.25, -0.2) is 0 Å². The molecule has 0 fully saturated rings. The van der Waals surface area contributed by atoms with Crippen LogP contribution in [0.2, 0.25) is 0 Å². The normalized spacial score (nSPS) is 17.8. The summed E-state index contributed by atoms with van der Waals surface area (Å²) < 4.78 is 39.9. The predicted molar refractivity (Wildman–Crippen MR) is 44.7 cm³/mol. The van der Waals surface area contributed by atoms with E-state index in [4.69, 9.17) is 6.85 Å². The first-order valence-electron chi connectivity index (χ1n) is 5.64. The minimum atomic E-state index is -3.00. The van der Waals surface area contributed by atoms with Crippen LogP contribution in [0.25, 0.3) is 0 Å². The number of carbonyl (C=O) groups excluding carboxylic acids is 1. The summed E-state index contributed by atoms with van der Waals surface area (Å²) in [6.45, 7) is -5.96. The topological polar surface area (TPSA) is 46.5 Å². The Morgan fingerprint density at radius 2 is 2.67 bits per heavy atom. The van der Waals surface area contributed by atoms with Crippen LogP contribution in [0.1, 0.15) is 24.1 Å². The summed E-state index contributed by atoms with van der Waals surface area (Å²) in [5.41, 5.74) is 0.138. The van der Waals surface area contributed by atoms with Crippen LogP contribution >= 0.6 is 0 Å². The molecule has 0 saturated carbocycles. The Bertz CT molecular complexity index is 427. The third-order valence-corrected chi connectivity index (χ3v) is 1.28. The monoisotopic (exact) mass is 171 g/mol. The van der Waals surface area contributed by atoms with Crippen molar-refractivity contribution in [3.8, 4) is 11.5 Å². The second kappa shape index (κ2) is 3.76. The number of hydrogen-bond donors (Lipinski definition) is 1. The third kappa shape index (κ3) is 1.75. The van der Waals surface area contributed by atoms with Gasteiger partial charge in [-0.15, -0.1) is 0 Å². The lowest BCUT2D eigenvalue weighted by molar-refractivity contribution is 0.112. The van der Waals surface area contributed by atoms with Crippen LogP contribution in [0.5, 0.6) is 11.5 Å². The zero-order valence-corrected chi connectivity index (χ0v) is 6.07. The molecule has 1 N–H and O–H groups in total. The molecule has 0 aliphatic rings. The van der Waals surface area contributed by atoms with Crippen molar-refractivity contribution in [1.82, 2.24) is 0 Å². The highest BCUT2D eigenvalue weighted by Gasteiger charge is 2.01. The Labute approximate surface area is 77.6 Å². The number of phenols is 1. The molecule has 0 unspecified atom stereocenters. The van der Waals surface area contributed by atoms with Gasteiger partial charge in [0.2, 0.25) is 0 Å². The number of aromatic hydroxyl groups is 1. The van der Waals surface area contributed by atoms with E-state index in [1.54, 1.807) is 0 Å². The number of aldehydes is 1. The lowest BCUT2D eigenvalue weighted by Gasteiger charge is -2.04. The van der Waals surface area contributed by atoms with Crippen molar-refractivity contribution in [1.29, 1.82) is 0 Å². The van der Waals surface area contributed by atoms with Gasteiger partial charge in [-0.3, -0.25) is 4.79 Å². The smallest absolute Gasteiger partial charge is 0.161 e. The largest absolute Gasteiger partial charge is 0.504 e. The highest BCUT2D eigenvalue weighted by Crippen LogP contribution is 2.25. The lowest BCUT2D eigenvalue weighted by Crippen LogP contribution is -1.92. The molecule has 0 aliphatic carbocycles. The molecule has 3 heteroatoms. The maximum atomic E-state index is 10.5. The average Bonchev–Trinajstić information content (AvgIpc) is 2.19. The number of carbonyl (C=O) groups is 1. The SMILES string of the molecule is [2H]C([2H])([2H])C([2H])([2H])Oc1cc(C=O)ccc1O. The van der Waals surface area contributed by atoms with E-state index in [1.165, 1.54) is 6.07 Å². The van der Waals surface area contributed by atoms with Crippen molar-refractivity contribution in [3.63, 3.8) is 0 Å². The molecule has 0 atom stereocenters. The van der Waals surface area contributed by atoms with Gasteiger partial charge in [0.15, 0.2) is 11.5 Å². The number of benzene rings is 1. The zero-order valence-electron chi connectivity index (χ0n) is 11.1. The summed E-state index contributed by atoms with van der Waals surface area (Å²) in [6, 6.07) is 3.47. The zero-order chi connectivity index (χ0) is 13.3. The third-order valence-electron chi connectivity index (χ3n) is 1.28. The molecule has 0 aliphatic heterocycles. The van der Waals surface area contributed by atoms with Gasteiger partial charge in [0, 0.05) is 9.68 Å². The van der Waals surface area contributed by atoms with E-state index < -0.39 is 24.9 Å². The van der Waals surface area contributed by atoms with Gasteiger partial charge in [-0.2, -0.15) is 0 Å². The molecular formula is C9H10O3. The number of hydrogen-bond acceptors (Lipinski definition) is 3. The van der Waals surface area contributed by atoms with Crippen LogP contribution in [-0.2, 0) is 0 Å². The fourth-order valence-electron chi connectivity index (χ4n) is 0.741. The maximum Gasteiger partial charge on any atom is 0.161 e. The Kier molecular flexibility index (Phi) is 1.23. The van der Waals surface area contributed by atoms with Crippen LogP contribution in [0.4, 0.5) is 0 Å². The molecule has 0 bridgehead atoms. The summed E-state index contributed by atoms with van der Waals surface area (Å²) in [7, 11) is 0. The van der Waals surface area contributed by atoms with Crippen LogP contribution < -0.4 is 4.74 Å². The van der Waals surface area contributed by atoms with E-state index in [0.29, 0.717) is 6.29 Å². The Hall–Kier alpha value is -1.51. The van der Waals surface area contributed by atoms with Gasteiger partial charge in [-0.1, -0.05) is 0 Å². The molecule has 1 rings (SSSR count). The summed E-state index contributed by atoms with van der Waals surface area (Å²) in [4.78, 5) is 10.5. The number of phenolic OH excluding ortho intramolecular Hbond substituents is 1. The van der Waals surface area contributed by atoms with Gasteiger partial charge in [0.25, 0.3) is 0 Å². The van der Waals surface area contributed by atoms with Gasteiger partial charge >= 0.3 is 0 Å². The molecule has 1 aromatic carbocycles. The molecule has 1 aromatic rings. The van der Waals surface area contributed by atoms with Crippen molar-refractivity contribution < 1.29 is 21.5 Å². The second-order valence-corrected chi connectivity index (χ2v) is 2.05. The molecule has 12 heavy (non-hydrogen) atoms. The Balaban J connectivity index is 3.06. The van der Waals surface area contributed by atoms with Crippen molar-refractivity contribution in [2.24, 2.45) is 0 Å². The van der Waals surface area contributed by atoms with Gasteiger partial charge < -0.3 is 9.84 Å². The van der Waals surface area contributed by atoms with Crippen molar-refractivity contribution in [2.75, 3.05) is 6.56 Å². The summed E-state index contributed by atoms with van der Waals surface area (Å²) in [5.74, 6) is -0.834. The predicted octanol–water partition coefficient (Wildman–Crippen LogP) is 1.60. The molecule has 0 spiro atoms. The number of ether oxygens (including phenoxy) is 1. The fourth-order valence-corrected chi connectivity index (χ4v) is 0.741. The first kappa shape index (κ1) is 3.94. The van der Waals surface area contributed by atoms with Gasteiger partial charge in [0.05, 0.1) is 9.30 Å². The first-order valence-corrected chi connectivity index (χ1v) is 3.14. The Morgan fingerprint density at radius 3 is 3.33 bits per heavy atom. The molecule has 0 aromatic heterocycles. The molecule has 0 saturated heterocycles. The number of rotatable bonds is 3. The van der Waals surface area contributed by atoms with E-state index in [9.17, 15) is 9.90 Å². The van der Waals surface area contributed by atoms with Gasteiger partial charge in [0.1, 0.15) is 6.29 Å². The van der Waals surface area contributed by atoms with E-state index in [1.807, 2.05) is 0 Å². The Morgan fingerprint density at radius 1 is 1.83 bits per heavy atom. The lowest BCUT2D eigenvalue weighted by atomic mass is 10.2. The quantitative estimate of drug-likeness (QED) is 0.703. The first-order chi connectivity index (χ1) is 7.67. The minimum absolute atomic E-state index is 0.138. The van der Waals surface area contributed by atoms with E-state index in [0.717, 1.165) is 12.1 Å². The van der Waals surface area contributed by atoms with Crippen molar-refractivity contribution in [3.05, 3.63) is 23.8 Å². The minimum Gasteiger partial charge on any atom is -0.504 e. The van der Waals surface area contributed by atoms with Crippen molar-refractivity contribution >= 4 is 6.29 Å². The molecule has 3 nitrogen and oxygen atoms in total. The molecule has 64 valence electrons. The molecular weight excluding hydrogens is 156 g/mol. The van der Waals surface area contributed by atoms with Crippen LogP contribution in [-0.4, -0.2) is 18.0 Å².